The first-order valence-electron chi connectivity index (χ1n) is 5.35. The van der Waals surface area contributed by atoms with Crippen LogP contribution in [0.2, 0.25) is 5.02 Å². The predicted molar refractivity (Wildman–Crippen MR) is 74.9 cm³/mol. The summed E-state index contributed by atoms with van der Waals surface area (Å²) in [4.78, 5) is 4.40. The lowest BCUT2D eigenvalue weighted by Crippen LogP contribution is -2.06. The van der Waals surface area contributed by atoms with Crippen LogP contribution >= 0.6 is 22.9 Å². The smallest absolute Gasteiger partial charge is 0.0945 e. The molecule has 0 amide bonds. The number of aryl methyl sites for hydroxylation is 1. The van der Waals surface area contributed by atoms with Crippen LogP contribution in [0.4, 0.5) is 11.4 Å². The number of hydrogen-bond donors (Lipinski definition) is 2. The van der Waals surface area contributed by atoms with Gasteiger partial charge in [-0.2, -0.15) is 0 Å². The molecule has 3 N–H and O–H groups in total. The van der Waals surface area contributed by atoms with E-state index in [9.17, 15) is 0 Å². The van der Waals surface area contributed by atoms with Crippen molar-refractivity contribution < 1.29 is 0 Å². The number of hydrogen-bond acceptors (Lipinski definition) is 4. The van der Waals surface area contributed by atoms with Crippen LogP contribution in [0.1, 0.15) is 10.7 Å². The molecular formula is C12H14ClN3S. The highest BCUT2D eigenvalue weighted by Crippen LogP contribution is 2.22. The van der Waals surface area contributed by atoms with Gasteiger partial charge in [-0.25, -0.2) is 4.98 Å². The van der Waals surface area contributed by atoms with E-state index in [1.807, 2.05) is 19.1 Å². The van der Waals surface area contributed by atoms with E-state index >= 15 is 0 Å². The molecule has 0 unspecified atom stereocenters. The second kappa shape index (κ2) is 5.38. The van der Waals surface area contributed by atoms with Crippen molar-refractivity contribution in [1.29, 1.82) is 0 Å². The van der Waals surface area contributed by atoms with E-state index < -0.39 is 0 Å². The number of nitrogens with one attached hydrogen (secondary N) is 1. The van der Waals surface area contributed by atoms with Crippen molar-refractivity contribution in [1.82, 2.24) is 4.98 Å². The maximum atomic E-state index is 5.84. The Hall–Kier alpha value is -1.26. The summed E-state index contributed by atoms with van der Waals surface area (Å²) in [6.07, 6.45) is 0.903. The van der Waals surface area contributed by atoms with E-state index in [1.165, 1.54) is 0 Å². The highest BCUT2D eigenvalue weighted by molar-refractivity contribution is 7.09. The summed E-state index contributed by atoms with van der Waals surface area (Å²) in [5.41, 5.74) is 8.52. The molecule has 0 saturated heterocycles. The molecule has 0 aliphatic heterocycles. The first kappa shape index (κ1) is 12.2. The molecule has 0 spiro atoms. The van der Waals surface area contributed by atoms with E-state index in [-0.39, 0.29) is 0 Å². The molecule has 1 heterocycles. The zero-order chi connectivity index (χ0) is 12.3. The number of halogens is 1. The van der Waals surface area contributed by atoms with Gasteiger partial charge in [0.2, 0.25) is 0 Å². The Morgan fingerprint density at radius 2 is 2.29 bits per heavy atom. The Balaban J connectivity index is 1.90. The van der Waals surface area contributed by atoms with Crippen LogP contribution in [0.5, 0.6) is 0 Å². The molecule has 1 aromatic carbocycles. The molecule has 0 aliphatic rings. The van der Waals surface area contributed by atoms with Crippen molar-refractivity contribution in [2.24, 2.45) is 0 Å². The highest BCUT2D eigenvalue weighted by atomic mass is 35.5. The van der Waals surface area contributed by atoms with Crippen LogP contribution in [0.25, 0.3) is 0 Å². The van der Waals surface area contributed by atoms with Crippen LogP contribution in [-0.2, 0) is 6.42 Å². The minimum atomic E-state index is 0.656. The van der Waals surface area contributed by atoms with Gasteiger partial charge in [-0.1, -0.05) is 11.6 Å². The first-order valence-corrected chi connectivity index (χ1v) is 6.61. The van der Waals surface area contributed by atoms with E-state index in [1.54, 1.807) is 17.4 Å². The standard InChI is InChI=1S/C12H14ClN3S/c1-8-7-17-12(16-8)4-5-15-11-3-2-9(13)6-10(11)14/h2-3,6-7,15H,4-5,14H2,1H3. The molecule has 17 heavy (non-hydrogen) atoms. The number of benzene rings is 1. The lowest BCUT2D eigenvalue weighted by molar-refractivity contribution is 0.987. The SMILES string of the molecule is Cc1csc(CCNc2ccc(Cl)cc2N)n1. The molecule has 0 aliphatic carbocycles. The van der Waals surface area contributed by atoms with Crippen molar-refractivity contribution in [3.63, 3.8) is 0 Å². The fourth-order valence-corrected chi connectivity index (χ4v) is 2.47. The fourth-order valence-electron chi connectivity index (χ4n) is 1.52. The number of thiazole rings is 1. The van der Waals surface area contributed by atoms with Crippen molar-refractivity contribution in [2.75, 3.05) is 17.6 Å². The van der Waals surface area contributed by atoms with Crippen molar-refractivity contribution in [3.05, 3.63) is 39.3 Å². The molecule has 0 bridgehead atoms. The van der Waals surface area contributed by atoms with Crippen molar-refractivity contribution in [3.8, 4) is 0 Å². The topological polar surface area (TPSA) is 50.9 Å². The summed E-state index contributed by atoms with van der Waals surface area (Å²) >= 11 is 7.52. The monoisotopic (exact) mass is 267 g/mol. The van der Waals surface area contributed by atoms with Crippen LogP contribution in [0.15, 0.2) is 23.6 Å². The Labute approximate surface area is 110 Å². The number of nitrogens with zero attached hydrogens (tertiary/aromatic N) is 1. The minimum Gasteiger partial charge on any atom is -0.397 e. The van der Waals surface area contributed by atoms with Crippen LogP contribution in [-0.4, -0.2) is 11.5 Å². The number of nitrogens with two attached hydrogens (primary N) is 1. The van der Waals surface area contributed by atoms with Crippen LogP contribution in [0.3, 0.4) is 0 Å². The lowest BCUT2D eigenvalue weighted by Gasteiger charge is -2.08. The Bertz CT molecular complexity index is 510. The predicted octanol–water partition coefficient (Wildman–Crippen LogP) is 3.34. The highest BCUT2D eigenvalue weighted by Gasteiger charge is 2.01. The molecule has 2 rings (SSSR count). The van der Waals surface area contributed by atoms with Crippen molar-refractivity contribution >= 4 is 34.3 Å². The summed E-state index contributed by atoms with van der Waals surface area (Å²) in [5.74, 6) is 0. The minimum absolute atomic E-state index is 0.656. The average Bonchev–Trinajstić information content (AvgIpc) is 2.68. The molecule has 90 valence electrons. The molecule has 0 atom stereocenters. The molecule has 0 fully saturated rings. The second-order valence-corrected chi connectivity index (χ2v) is 5.17. The lowest BCUT2D eigenvalue weighted by atomic mass is 10.2. The summed E-state index contributed by atoms with van der Waals surface area (Å²) in [7, 11) is 0. The third kappa shape index (κ3) is 3.35. The quantitative estimate of drug-likeness (QED) is 0.836. The van der Waals surface area contributed by atoms with Gasteiger partial charge in [0.1, 0.15) is 0 Å². The van der Waals surface area contributed by atoms with Gasteiger partial charge in [0.25, 0.3) is 0 Å². The fraction of sp³-hybridized carbons (Fsp3) is 0.250. The maximum Gasteiger partial charge on any atom is 0.0945 e. The zero-order valence-electron chi connectivity index (χ0n) is 9.53. The van der Waals surface area contributed by atoms with Gasteiger partial charge < -0.3 is 11.1 Å². The normalized spacial score (nSPS) is 10.5. The van der Waals surface area contributed by atoms with Gasteiger partial charge in [-0.3, -0.25) is 0 Å². The molecule has 3 nitrogen and oxygen atoms in total. The number of anilines is 2. The average molecular weight is 268 g/mol. The number of rotatable bonds is 4. The second-order valence-electron chi connectivity index (χ2n) is 3.79. The van der Waals surface area contributed by atoms with Gasteiger partial charge in [0.05, 0.1) is 16.4 Å². The van der Waals surface area contributed by atoms with E-state index in [4.69, 9.17) is 17.3 Å². The molecule has 2 aromatic rings. The molecule has 1 aromatic heterocycles. The number of nitrogen functional groups attached to an aromatic ring is 1. The summed E-state index contributed by atoms with van der Waals surface area (Å²) in [6.45, 7) is 2.82. The summed E-state index contributed by atoms with van der Waals surface area (Å²) in [5, 5.41) is 7.14. The van der Waals surface area contributed by atoms with E-state index in [2.05, 4.69) is 15.7 Å². The first-order chi connectivity index (χ1) is 8.15. The van der Waals surface area contributed by atoms with Crippen LogP contribution in [0, 0.1) is 6.92 Å². The third-order valence-electron chi connectivity index (χ3n) is 2.33. The molecule has 5 heteroatoms. The van der Waals surface area contributed by atoms with Crippen LogP contribution < -0.4 is 11.1 Å². The van der Waals surface area contributed by atoms with Crippen molar-refractivity contribution in [2.45, 2.75) is 13.3 Å². The zero-order valence-corrected chi connectivity index (χ0v) is 11.1. The molecule has 0 radical (unpaired) electrons. The Morgan fingerprint density at radius 3 is 2.94 bits per heavy atom. The number of aromatic nitrogens is 1. The van der Waals surface area contributed by atoms with E-state index in [0.29, 0.717) is 10.7 Å². The molecule has 0 saturated carbocycles. The van der Waals surface area contributed by atoms with Gasteiger partial charge in [0.15, 0.2) is 0 Å². The molecular weight excluding hydrogens is 254 g/mol. The third-order valence-corrected chi connectivity index (χ3v) is 3.60. The van der Waals surface area contributed by atoms with Gasteiger partial charge in [0, 0.05) is 29.1 Å². The Morgan fingerprint density at radius 1 is 1.47 bits per heavy atom. The maximum absolute atomic E-state index is 5.84. The van der Waals surface area contributed by atoms with Gasteiger partial charge in [-0.15, -0.1) is 11.3 Å². The largest absolute Gasteiger partial charge is 0.397 e. The van der Waals surface area contributed by atoms with E-state index in [0.717, 1.165) is 29.4 Å². The van der Waals surface area contributed by atoms with Gasteiger partial charge >= 0.3 is 0 Å². The summed E-state index contributed by atoms with van der Waals surface area (Å²) < 4.78 is 0. The van der Waals surface area contributed by atoms with Gasteiger partial charge in [-0.05, 0) is 25.1 Å². The summed E-state index contributed by atoms with van der Waals surface area (Å²) in [6, 6.07) is 5.47. The Kier molecular flexibility index (Phi) is 3.86.